The third-order valence-electron chi connectivity index (χ3n) is 2.55. The number of imidazole rings is 1. The number of benzene rings is 1. The van der Waals surface area contributed by atoms with Crippen LogP contribution in [0.5, 0.6) is 0 Å². The van der Waals surface area contributed by atoms with E-state index in [9.17, 15) is 9.18 Å². The van der Waals surface area contributed by atoms with Crippen molar-refractivity contribution in [3.8, 4) is 11.4 Å². The van der Waals surface area contributed by atoms with Gasteiger partial charge >= 0.3 is 5.97 Å². The van der Waals surface area contributed by atoms with E-state index in [0.717, 1.165) is 0 Å². The predicted octanol–water partition coefficient (Wildman–Crippen LogP) is 3.35. The molecule has 4 nitrogen and oxygen atoms in total. The van der Waals surface area contributed by atoms with Crippen LogP contribution >= 0.6 is 11.6 Å². The lowest BCUT2D eigenvalue weighted by atomic mass is 10.2. The maximum absolute atomic E-state index is 13.1. The number of rotatable bonds is 3. The number of esters is 1. The molecule has 6 heteroatoms. The highest BCUT2D eigenvalue weighted by atomic mass is 35.5. The Hall–Kier alpha value is -1.88. The number of carbonyl (C=O) groups is 1. The van der Waals surface area contributed by atoms with Crippen molar-refractivity contribution in [3.05, 3.63) is 40.4 Å². The van der Waals surface area contributed by atoms with Crippen molar-refractivity contribution in [1.29, 1.82) is 0 Å². The van der Waals surface area contributed by atoms with Gasteiger partial charge in [-0.2, -0.15) is 0 Å². The van der Waals surface area contributed by atoms with Crippen LogP contribution in [-0.2, 0) is 4.74 Å². The summed E-state index contributed by atoms with van der Waals surface area (Å²) in [4.78, 5) is 18.8. The molecule has 0 aliphatic heterocycles. The summed E-state index contributed by atoms with van der Waals surface area (Å²) in [6.07, 6.45) is 0. The number of hydrogen-bond acceptors (Lipinski definition) is 3. The van der Waals surface area contributed by atoms with Crippen molar-refractivity contribution in [2.24, 2.45) is 0 Å². The highest BCUT2D eigenvalue weighted by molar-refractivity contribution is 6.31. The first-order chi connectivity index (χ1) is 9.02. The maximum atomic E-state index is 13.1. The molecule has 0 amide bonds. The molecule has 100 valence electrons. The number of halogens is 2. The van der Waals surface area contributed by atoms with E-state index in [4.69, 9.17) is 16.3 Å². The Morgan fingerprint density at radius 3 is 2.89 bits per heavy atom. The predicted molar refractivity (Wildman–Crippen MR) is 69.7 cm³/mol. The Morgan fingerprint density at radius 2 is 2.26 bits per heavy atom. The SMILES string of the molecule is CCOC(=O)c1nc(-c2ccc(F)c(Cl)c2)[nH]c1C. The van der Waals surface area contributed by atoms with Crippen molar-refractivity contribution >= 4 is 17.6 Å². The summed E-state index contributed by atoms with van der Waals surface area (Å²) in [7, 11) is 0. The third kappa shape index (κ3) is 2.76. The second-order valence-corrected chi connectivity index (χ2v) is 4.32. The van der Waals surface area contributed by atoms with Gasteiger partial charge in [-0.15, -0.1) is 0 Å². The largest absolute Gasteiger partial charge is 0.461 e. The van der Waals surface area contributed by atoms with Gasteiger partial charge in [0.25, 0.3) is 0 Å². The zero-order chi connectivity index (χ0) is 14.0. The molecule has 2 aromatic rings. The van der Waals surface area contributed by atoms with Crippen molar-refractivity contribution < 1.29 is 13.9 Å². The second-order valence-electron chi connectivity index (χ2n) is 3.91. The van der Waals surface area contributed by atoms with Gasteiger partial charge in [0.2, 0.25) is 0 Å². The fraction of sp³-hybridized carbons (Fsp3) is 0.231. The number of aryl methyl sites for hydroxylation is 1. The lowest BCUT2D eigenvalue weighted by Crippen LogP contribution is -2.06. The Bertz CT molecular complexity index is 625. The summed E-state index contributed by atoms with van der Waals surface area (Å²) in [6.45, 7) is 3.72. The molecule has 0 spiro atoms. The normalized spacial score (nSPS) is 10.5. The van der Waals surface area contributed by atoms with Crippen molar-refractivity contribution in [2.45, 2.75) is 13.8 Å². The van der Waals surface area contributed by atoms with Gasteiger partial charge in [0.05, 0.1) is 11.6 Å². The molecule has 1 heterocycles. The molecule has 0 radical (unpaired) electrons. The van der Waals surface area contributed by atoms with Crippen LogP contribution in [0.15, 0.2) is 18.2 Å². The van der Waals surface area contributed by atoms with E-state index < -0.39 is 11.8 Å². The summed E-state index contributed by atoms with van der Waals surface area (Å²) in [5.74, 6) is -0.544. The molecule has 0 atom stereocenters. The smallest absolute Gasteiger partial charge is 0.358 e. The molecule has 19 heavy (non-hydrogen) atoms. The summed E-state index contributed by atoms with van der Waals surface area (Å²) < 4.78 is 18.0. The van der Waals surface area contributed by atoms with Crippen LogP contribution in [-0.4, -0.2) is 22.5 Å². The molecule has 0 saturated carbocycles. The minimum absolute atomic E-state index is 0.00392. The average molecular weight is 283 g/mol. The fourth-order valence-electron chi connectivity index (χ4n) is 1.64. The molecule has 0 fully saturated rings. The Morgan fingerprint density at radius 1 is 1.53 bits per heavy atom. The first kappa shape index (κ1) is 13.5. The number of hydrogen-bond donors (Lipinski definition) is 1. The minimum atomic E-state index is -0.501. The number of aromatic amines is 1. The molecule has 0 aliphatic carbocycles. The molecule has 1 N–H and O–H groups in total. The number of H-pyrrole nitrogens is 1. The summed E-state index contributed by atoms with van der Waals surface area (Å²) in [6, 6.07) is 4.23. The van der Waals surface area contributed by atoms with Gasteiger partial charge in [0.15, 0.2) is 5.69 Å². The van der Waals surface area contributed by atoms with E-state index in [-0.39, 0.29) is 17.3 Å². The van der Waals surface area contributed by atoms with Gasteiger partial charge in [0, 0.05) is 11.3 Å². The topological polar surface area (TPSA) is 55.0 Å². The molecular weight excluding hydrogens is 271 g/mol. The van der Waals surface area contributed by atoms with Crippen LogP contribution in [0.2, 0.25) is 5.02 Å². The fourth-order valence-corrected chi connectivity index (χ4v) is 1.82. The Balaban J connectivity index is 2.38. The highest BCUT2D eigenvalue weighted by Crippen LogP contribution is 2.24. The highest BCUT2D eigenvalue weighted by Gasteiger charge is 2.17. The van der Waals surface area contributed by atoms with Crippen molar-refractivity contribution in [2.75, 3.05) is 6.61 Å². The van der Waals surface area contributed by atoms with Crippen molar-refractivity contribution in [1.82, 2.24) is 9.97 Å². The zero-order valence-electron chi connectivity index (χ0n) is 10.5. The van der Waals surface area contributed by atoms with Crippen LogP contribution in [0, 0.1) is 12.7 Å². The quantitative estimate of drug-likeness (QED) is 0.878. The van der Waals surface area contributed by atoms with Crippen LogP contribution in [0.1, 0.15) is 23.1 Å². The Kier molecular flexibility index (Phi) is 3.85. The van der Waals surface area contributed by atoms with Gasteiger partial charge in [-0.3, -0.25) is 0 Å². The number of aromatic nitrogens is 2. The van der Waals surface area contributed by atoms with Gasteiger partial charge in [-0.05, 0) is 32.0 Å². The van der Waals surface area contributed by atoms with Crippen LogP contribution < -0.4 is 0 Å². The van der Waals surface area contributed by atoms with Gasteiger partial charge in [-0.25, -0.2) is 14.2 Å². The summed E-state index contributed by atoms with van der Waals surface area (Å²) >= 11 is 5.71. The van der Waals surface area contributed by atoms with E-state index in [1.165, 1.54) is 18.2 Å². The molecule has 0 unspecified atom stereocenters. The van der Waals surface area contributed by atoms with Crippen LogP contribution in [0.4, 0.5) is 4.39 Å². The van der Waals surface area contributed by atoms with E-state index in [1.807, 2.05) is 0 Å². The lowest BCUT2D eigenvalue weighted by molar-refractivity contribution is 0.0519. The first-order valence-corrected chi connectivity index (χ1v) is 6.10. The summed E-state index contributed by atoms with van der Waals surface area (Å²) in [5.41, 5.74) is 1.41. The van der Waals surface area contributed by atoms with Crippen molar-refractivity contribution in [3.63, 3.8) is 0 Å². The molecule has 1 aromatic carbocycles. The first-order valence-electron chi connectivity index (χ1n) is 5.72. The van der Waals surface area contributed by atoms with Gasteiger partial charge < -0.3 is 9.72 Å². The summed E-state index contributed by atoms with van der Waals surface area (Å²) in [5, 5.41) is 0.00392. The van der Waals surface area contributed by atoms with E-state index in [2.05, 4.69) is 9.97 Å². The number of ether oxygens (including phenoxy) is 1. The lowest BCUT2D eigenvalue weighted by Gasteiger charge is -1.99. The van der Waals surface area contributed by atoms with Gasteiger partial charge in [0.1, 0.15) is 11.6 Å². The molecule has 0 saturated heterocycles. The van der Waals surface area contributed by atoms with E-state index in [0.29, 0.717) is 17.1 Å². The number of carbonyl (C=O) groups excluding carboxylic acids is 1. The molecule has 2 rings (SSSR count). The second kappa shape index (κ2) is 5.40. The monoisotopic (exact) mass is 282 g/mol. The maximum Gasteiger partial charge on any atom is 0.358 e. The standard InChI is InChI=1S/C13H12ClFN2O2/c1-3-19-13(18)11-7(2)16-12(17-11)8-4-5-10(15)9(14)6-8/h4-6H,3H2,1-2H3,(H,16,17). The Labute approximate surface area is 114 Å². The zero-order valence-corrected chi connectivity index (χ0v) is 11.2. The van der Waals surface area contributed by atoms with E-state index >= 15 is 0 Å². The average Bonchev–Trinajstić information content (AvgIpc) is 2.75. The van der Waals surface area contributed by atoms with Gasteiger partial charge in [-0.1, -0.05) is 11.6 Å². The van der Waals surface area contributed by atoms with Crippen LogP contribution in [0.25, 0.3) is 11.4 Å². The van der Waals surface area contributed by atoms with Crippen LogP contribution in [0.3, 0.4) is 0 Å². The molecule has 0 bridgehead atoms. The molecule has 0 aliphatic rings. The minimum Gasteiger partial charge on any atom is -0.461 e. The molecular formula is C13H12ClFN2O2. The van der Waals surface area contributed by atoms with E-state index in [1.54, 1.807) is 13.8 Å². The number of nitrogens with zero attached hydrogens (tertiary/aromatic N) is 1. The molecule has 1 aromatic heterocycles. The third-order valence-corrected chi connectivity index (χ3v) is 2.84. The number of nitrogens with one attached hydrogen (secondary N) is 1.